The summed E-state index contributed by atoms with van der Waals surface area (Å²) in [5.74, 6) is 0. The fourth-order valence-electron chi connectivity index (χ4n) is 6.74. The van der Waals surface area contributed by atoms with Crippen molar-refractivity contribution >= 4 is 15.6 Å². The summed E-state index contributed by atoms with van der Waals surface area (Å²) in [5.41, 5.74) is 0. The Bertz CT molecular complexity index is 691. The molecule has 0 amide bonds. The molecule has 0 aliphatic rings. The van der Waals surface area contributed by atoms with Gasteiger partial charge in [0.1, 0.15) is 0 Å². The Morgan fingerprint density at radius 1 is 0.262 bits per heavy atom. The van der Waals surface area contributed by atoms with Crippen LogP contribution < -0.4 is 39.2 Å². The van der Waals surface area contributed by atoms with E-state index in [1.54, 1.807) is 0 Å². The summed E-state index contributed by atoms with van der Waals surface area (Å²) in [6.45, 7) is 44.3. The number of hydrogen-bond acceptors (Lipinski definition) is 7. The largest absolute Gasteiger partial charge is 0.790 e. The smallest absolute Gasteiger partial charge is 0.0770 e. The van der Waals surface area contributed by atoms with Gasteiger partial charge >= 0.3 is 0 Å². The Balaban J connectivity index is -0.000000215. The number of phosphoric acid groups is 2. The summed E-state index contributed by atoms with van der Waals surface area (Å²) >= 11 is 0. The second kappa shape index (κ2) is 56.2. The molecule has 0 atom stereocenters. The van der Waals surface area contributed by atoms with Gasteiger partial charge < -0.3 is 52.6 Å². The molecule has 0 bridgehead atoms. The van der Waals surface area contributed by atoms with Gasteiger partial charge in [0.15, 0.2) is 0 Å². The summed E-state index contributed by atoms with van der Waals surface area (Å²) in [7, 11) is -11.4. The molecule has 61 heavy (non-hydrogen) atoms. The van der Waals surface area contributed by atoms with E-state index in [1.165, 1.54) is 233 Å². The van der Waals surface area contributed by atoms with Crippen molar-refractivity contribution in [3.63, 3.8) is 0 Å². The summed E-state index contributed by atoms with van der Waals surface area (Å²) < 4.78 is 21.2. The molecular formula is C48H112N4O7P2. The Labute approximate surface area is 382 Å². The second-order valence-electron chi connectivity index (χ2n) is 17.2. The minimum atomic E-state index is -5.68. The highest BCUT2D eigenvalue weighted by atomic mass is 31.3. The Hall–Kier alpha value is 0.100. The maximum Gasteiger partial charge on any atom is 0.0770 e. The molecule has 11 nitrogen and oxygen atoms in total. The number of hydrogen-bond donors (Lipinski definition) is 4. The van der Waals surface area contributed by atoms with Crippen LogP contribution in [-0.4, -0.2) is 78.5 Å². The maximum atomic E-state index is 9.32. The minimum Gasteiger partial charge on any atom is -0.790 e. The van der Waals surface area contributed by atoms with E-state index in [4.69, 9.17) is 0 Å². The van der Waals surface area contributed by atoms with Gasteiger partial charge in [0.05, 0.1) is 94.2 Å². The van der Waals surface area contributed by atoms with Crippen molar-refractivity contribution < 1.29 is 52.6 Å². The lowest BCUT2D eigenvalue weighted by Gasteiger charge is -2.39. The zero-order valence-electron chi connectivity index (χ0n) is 43.2. The highest BCUT2D eigenvalue weighted by Crippen LogP contribution is 2.42. The van der Waals surface area contributed by atoms with Crippen LogP contribution in [0.5, 0.6) is 0 Å². The van der Waals surface area contributed by atoms with E-state index in [-0.39, 0.29) is 0 Å². The Morgan fingerprint density at radius 2 is 0.361 bits per heavy atom. The van der Waals surface area contributed by atoms with Crippen molar-refractivity contribution in [2.24, 2.45) is 0 Å². The van der Waals surface area contributed by atoms with Crippen LogP contribution in [0.4, 0.5) is 0 Å². The maximum absolute atomic E-state index is 9.32. The number of quaternary nitrogens is 4. The lowest BCUT2D eigenvalue weighted by Crippen LogP contribution is -3.12. The summed E-state index contributed by atoms with van der Waals surface area (Å²) in [6, 6.07) is 0. The molecule has 0 aromatic carbocycles. The van der Waals surface area contributed by atoms with Crippen LogP contribution >= 0.6 is 15.6 Å². The van der Waals surface area contributed by atoms with Gasteiger partial charge in [0.2, 0.25) is 0 Å². The molecule has 0 heterocycles. The van der Waals surface area contributed by atoms with E-state index in [9.17, 15) is 28.7 Å². The van der Waals surface area contributed by atoms with Crippen LogP contribution in [0.25, 0.3) is 0 Å². The predicted molar refractivity (Wildman–Crippen MR) is 257 cm³/mol. The molecule has 0 aromatic heterocycles. The summed E-state index contributed by atoms with van der Waals surface area (Å²) in [5, 5.41) is 0. The number of unbranched alkanes of at least 4 members (excludes halogenated alkanes) is 12. The first-order valence-corrected chi connectivity index (χ1v) is 29.1. The first-order chi connectivity index (χ1) is 29.1. The lowest BCUT2D eigenvalue weighted by atomic mass is 10.2. The zero-order chi connectivity index (χ0) is 47.5. The molecular weight excluding hydrogens is 806 g/mol. The number of nitrogens with one attached hydrogen (secondary N) is 4. The molecule has 0 saturated carbocycles. The first kappa shape index (κ1) is 70.1. The van der Waals surface area contributed by atoms with Crippen LogP contribution in [0.3, 0.4) is 0 Å². The molecule has 0 aliphatic heterocycles. The third-order valence-corrected chi connectivity index (χ3v) is 12.4. The van der Waals surface area contributed by atoms with Crippen LogP contribution in [-0.2, 0) is 13.4 Å². The van der Waals surface area contributed by atoms with Crippen molar-refractivity contribution in [2.45, 2.75) is 237 Å². The van der Waals surface area contributed by atoms with Crippen LogP contribution in [0.1, 0.15) is 237 Å². The van der Waals surface area contributed by atoms with E-state index < -0.39 is 15.6 Å². The predicted octanol–water partition coefficient (Wildman–Crippen LogP) is 5.75. The molecule has 0 fully saturated rings. The standard InChI is InChI=1S/4C12H27N.H4O7P2/c4*1-4-7-10-13(11-8-5-2)12-9-6-3;1-8(2,3)7-9(4,5)6/h4*4-12H2,1-3H3;(H2,1,2,3)(H2,4,5,6). The van der Waals surface area contributed by atoms with Crippen LogP contribution in [0, 0.1) is 0 Å². The summed E-state index contributed by atoms with van der Waals surface area (Å²) in [6.07, 6.45) is 33.1. The van der Waals surface area contributed by atoms with Gasteiger partial charge in [-0.1, -0.05) is 160 Å². The SMILES string of the molecule is CCCC[NH+](CCCC)CCCC.CCCC[NH+](CCCC)CCCC.CCCC[NH+](CCCC)CCCC.CCCC[NH+](CCCC)CCCC.O=P([O-])([O-])OP(=O)([O-])[O-]. The van der Waals surface area contributed by atoms with Gasteiger partial charge in [-0.05, 0) is 77.0 Å². The van der Waals surface area contributed by atoms with Crippen LogP contribution in [0.15, 0.2) is 0 Å². The first-order valence-electron chi connectivity index (χ1n) is 26.2. The van der Waals surface area contributed by atoms with Gasteiger partial charge in [0, 0.05) is 0 Å². The van der Waals surface area contributed by atoms with Gasteiger partial charge in [-0.25, -0.2) is 0 Å². The summed E-state index contributed by atoms with van der Waals surface area (Å²) in [4.78, 5) is 44.7. The topological polar surface area (TPSA) is 153 Å². The molecule has 13 heteroatoms. The van der Waals surface area contributed by atoms with Crippen molar-refractivity contribution in [1.82, 2.24) is 0 Å². The molecule has 376 valence electrons. The van der Waals surface area contributed by atoms with Gasteiger partial charge in [-0.2, -0.15) is 0 Å². The molecule has 0 saturated heterocycles. The highest BCUT2D eigenvalue weighted by molar-refractivity contribution is 7.57. The highest BCUT2D eigenvalue weighted by Gasteiger charge is 2.08. The average Bonchev–Trinajstić information content (AvgIpc) is 3.22. The van der Waals surface area contributed by atoms with Crippen molar-refractivity contribution in [1.29, 1.82) is 0 Å². The third kappa shape index (κ3) is 69.3. The second-order valence-corrected chi connectivity index (χ2v) is 19.7. The van der Waals surface area contributed by atoms with Crippen molar-refractivity contribution in [3.05, 3.63) is 0 Å². The van der Waals surface area contributed by atoms with E-state index in [0.29, 0.717) is 0 Å². The third-order valence-electron chi connectivity index (χ3n) is 10.8. The fourth-order valence-corrected chi connectivity index (χ4v) is 7.72. The molecule has 0 aromatic rings. The van der Waals surface area contributed by atoms with Gasteiger partial charge in [0.25, 0.3) is 0 Å². The Morgan fingerprint density at radius 3 is 0.410 bits per heavy atom. The molecule has 0 spiro atoms. The number of rotatable bonds is 38. The Kier molecular flexibility index (Phi) is 64.6. The van der Waals surface area contributed by atoms with Gasteiger partial charge in [-0.3, -0.25) is 0 Å². The molecule has 0 radical (unpaired) electrons. The van der Waals surface area contributed by atoms with E-state index >= 15 is 0 Å². The monoisotopic (exact) mass is 919 g/mol. The van der Waals surface area contributed by atoms with E-state index in [1.807, 2.05) is 19.6 Å². The fraction of sp³-hybridized carbons (Fsp3) is 1.00. The average molecular weight is 919 g/mol. The molecule has 4 N–H and O–H groups in total. The quantitative estimate of drug-likeness (QED) is 0.0577. The zero-order valence-corrected chi connectivity index (χ0v) is 45.0. The minimum absolute atomic E-state index is 1.35. The molecule has 0 rings (SSSR count). The van der Waals surface area contributed by atoms with E-state index in [2.05, 4.69) is 87.4 Å². The van der Waals surface area contributed by atoms with Crippen molar-refractivity contribution in [3.8, 4) is 0 Å². The van der Waals surface area contributed by atoms with Gasteiger partial charge in [-0.15, -0.1) is 0 Å². The molecule has 0 unspecified atom stereocenters. The lowest BCUT2D eigenvalue weighted by molar-refractivity contribution is -0.900. The normalized spacial score (nSPS) is 11.5. The van der Waals surface area contributed by atoms with E-state index in [0.717, 1.165) is 0 Å². The molecule has 0 aliphatic carbocycles. The van der Waals surface area contributed by atoms with Crippen LogP contribution in [0.2, 0.25) is 0 Å². The van der Waals surface area contributed by atoms with Crippen molar-refractivity contribution in [2.75, 3.05) is 78.5 Å².